The molecule has 0 aliphatic heterocycles. The Morgan fingerprint density at radius 1 is 1.12 bits per heavy atom. The van der Waals surface area contributed by atoms with Crippen molar-refractivity contribution in [2.24, 2.45) is 0 Å². The highest BCUT2D eigenvalue weighted by molar-refractivity contribution is 7.99. The Bertz CT molecular complexity index is 1150. The van der Waals surface area contributed by atoms with Crippen LogP contribution in [0.3, 0.4) is 0 Å². The van der Waals surface area contributed by atoms with E-state index in [0.29, 0.717) is 35.2 Å². The number of aromatic nitrogens is 2. The maximum Gasteiger partial charge on any atom is 0.262 e. The fraction of sp³-hybridized carbons (Fsp3) is 0.423. The Morgan fingerprint density at radius 3 is 2.55 bits per heavy atom. The Balaban J connectivity index is 1.60. The zero-order chi connectivity index (χ0) is 23.2. The number of nitrogens with zero attached hydrogens (tertiary/aromatic N) is 3. The summed E-state index contributed by atoms with van der Waals surface area (Å²) in [6.45, 7) is 3.15. The molecule has 0 spiro atoms. The van der Waals surface area contributed by atoms with Gasteiger partial charge in [0.15, 0.2) is 5.16 Å². The van der Waals surface area contributed by atoms with Gasteiger partial charge in [-0.3, -0.25) is 14.2 Å². The highest BCUT2D eigenvalue weighted by atomic mass is 32.2. The summed E-state index contributed by atoms with van der Waals surface area (Å²) >= 11 is 1.35. The lowest BCUT2D eigenvalue weighted by Gasteiger charge is -2.33. The van der Waals surface area contributed by atoms with Crippen molar-refractivity contribution in [3.05, 3.63) is 64.4 Å². The van der Waals surface area contributed by atoms with Crippen LogP contribution in [0.2, 0.25) is 0 Å². The lowest BCUT2D eigenvalue weighted by molar-refractivity contribution is -0.131. The van der Waals surface area contributed by atoms with Crippen LogP contribution in [0.4, 0.5) is 0 Å². The number of benzene rings is 2. The normalized spacial score (nSPS) is 14.4. The number of hydrogen-bond acceptors (Lipinski definition) is 5. The van der Waals surface area contributed by atoms with Crippen LogP contribution in [-0.2, 0) is 11.3 Å². The predicted molar refractivity (Wildman–Crippen MR) is 133 cm³/mol. The van der Waals surface area contributed by atoms with Crippen molar-refractivity contribution >= 4 is 28.6 Å². The number of carbonyl (C=O) groups excluding carboxylic acids is 1. The van der Waals surface area contributed by atoms with E-state index >= 15 is 0 Å². The van der Waals surface area contributed by atoms with E-state index in [9.17, 15) is 9.59 Å². The molecule has 0 atom stereocenters. The largest absolute Gasteiger partial charge is 0.497 e. The number of methoxy groups -OCH3 is 1. The summed E-state index contributed by atoms with van der Waals surface area (Å²) in [5, 5.41) is 1.15. The first-order valence-electron chi connectivity index (χ1n) is 11.7. The summed E-state index contributed by atoms with van der Waals surface area (Å²) < 4.78 is 6.92. The molecule has 3 aromatic rings. The third-order valence-electron chi connectivity index (χ3n) is 6.33. The highest BCUT2D eigenvalue weighted by Gasteiger charge is 2.24. The fourth-order valence-electron chi connectivity index (χ4n) is 4.55. The Labute approximate surface area is 199 Å². The Morgan fingerprint density at radius 2 is 1.85 bits per heavy atom. The molecule has 4 rings (SSSR count). The molecule has 1 fully saturated rings. The molecular weight excluding hydrogens is 434 g/mol. The van der Waals surface area contributed by atoms with Crippen molar-refractivity contribution in [1.29, 1.82) is 0 Å². The van der Waals surface area contributed by atoms with Gasteiger partial charge in [-0.25, -0.2) is 4.98 Å². The van der Waals surface area contributed by atoms with Crippen LogP contribution in [0, 0.1) is 0 Å². The molecule has 7 heteroatoms. The molecule has 0 bridgehead atoms. The third kappa shape index (κ3) is 5.41. The zero-order valence-corrected chi connectivity index (χ0v) is 20.1. The van der Waals surface area contributed by atoms with Gasteiger partial charge in [-0.15, -0.1) is 0 Å². The van der Waals surface area contributed by atoms with Crippen LogP contribution in [0.25, 0.3) is 10.9 Å². The van der Waals surface area contributed by atoms with E-state index in [1.807, 2.05) is 54.3 Å². The summed E-state index contributed by atoms with van der Waals surface area (Å²) in [4.78, 5) is 33.2. The molecule has 1 aliphatic carbocycles. The van der Waals surface area contributed by atoms with Gasteiger partial charge in [0.05, 0.1) is 30.3 Å². The number of para-hydroxylation sites is 1. The number of thioether (sulfide) groups is 1. The number of amides is 1. The molecule has 0 radical (unpaired) electrons. The maximum atomic E-state index is 13.3. The molecule has 1 heterocycles. The number of rotatable bonds is 8. The molecule has 0 saturated heterocycles. The Kier molecular flexibility index (Phi) is 7.70. The molecule has 174 valence electrons. The first-order chi connectivity index (χ1) is 16.1. The topological polar surface area (TPSA) is 64.4 Å². The van der Waals surface area contributed by atoms with Gasteiger partial charge in [-0.05, 0) is 49.6 Å². The van der Waals surface area contributed by atoms with Gasteiger partial charge in [-0.2, -0.15) is 0 Å². The number of carbonyl (C=O) groups is 1. The van der Waals surface area contributed by atoms with Crippen LogP contribution < -0.4 is 10.3 Å². The van der Waals surface area contributed by atoms with Gasteiger partial charge < -0.3 is 9.64 Å². The minimum absolute atomic E-state index is 0.0917. The first-order valence-corrected chi connectivity index (χ1v) is 12.6. The van der Waals surface area contributed by atoms with Gasteiger partial charge >= 0.3 is 0 Å². The van der Waals surface area contributed by atoms with E-state index in [0.717, 1.165) is 24.2 Å². The molecular formula is C26H31N3O3S. The van der Waals surface area contributed by atoms with Crippen LogP contribution in [-0.4, -0.2) is 45.8 Å². The SMILES string of the molecule is CCN(C(=O)CSc1nc2ccccc2c(=O)n1Cc1ccc(OC)cc1)C1CCCCC1. The molecule has 2 aromatic carbocycles. The smallest absolute Gasteiger partial charge is 0.262 e. The van der Waals surface area contributed by atoms with Gasteiger partial charge in [0.25, 0.3) is 5.56 Å². The Hall–Kier alpha value is -2.80. The second-order valence-corrected chi connectivity index (χ2v) is 9.35. The summed E-state index contributed by atoms with van der Waals surface area (Å²) in [5.74, 6) is 1.16. The number of hydrogen-bond donors (Lipinski definition) is 0. The van der Waals surface area contributed by atoms with Crippen molar-refractivity contribution < 1.29 is 9.53 Å². The summed E-state index contributed by atoms with van der Waals surface area (Å²) in [6.07, 6.45) is 5.81. The fourth-order valence-corrected chi connectivity index (χ4v) is 5.44. The van der Waals surface area contributed by atoms with Gasteiger partial charge in [0.2, 0.25) is 5.91 Å². The quantitative estimate of drug-likeness (QED) is 0.356. The van der Waals surface area contributed by atoms with Crippen molar-refractivity contribution in [2.75, 3.05) is 19.4 Å². The van der Waals surface area contributed by atoms with Gasteiger partial charge in [0, 0.05) is 12.6 Å². The van der Waals surface area contributed by atoms with Crippen LogP contribution in [0.1, 0.15) is 44.6 Å². The summed E-state index contributed by atoms with van der Waals surface area (Å²) in [6, 6.07) is 15.4. The van der Waals surface area contributed by atoms with Gasteiger partial charge in [-0.1, -0.05) is 55.3 Å². The molecule has 1 aliphatic rings. The zero-order valence-electron chi connectivity index (χ0n) is 19.3. The van der Waals surface area contributed by atoms with Crippen LogP contribution in [0.5, 0.6) is 5.75 Å². The van der Waals surface area contributed by atoms with E-state index in [2.05, 4.69) is 0 Å². The average Bonchev–Trinajstić information content (AvgIpc) is 2.86. The maximum absolute atomic E-state index is 13.3. The standard InChI is InChI=1S/C26H31N3O3S/c1-3-28(20-9-5-4-6-10-20)24(30)18-33-26-27-23-12-8-7-11-22(23)25(31)29(26)17-19-13-15-21(32-2)16-14-19/h7-8,11-16,20H,3-6,9-10,17-18H2,1-2H3. The van der Waals surface area contributed by atoms with E-state index in [1.165, 1.54) is 31.0 Å². The average molecular weight is 466 g/mol. The predicted octanol–water partition coefficient (Wildman–Crippen LogP) is 4.73. The van der Waals surface area contributed by atoms with E-state index in [1.54, 1.807) is 17.7 Å². The molecule has 0 N–H and O–H groups in total. The van der Waals surface area contributed by atoms with Crippen LogP contribution in [0.15, 0.2) is 58.5 Å². The molecule has 6 nitrogen and oxygen atoms in total. The second-order valence-electron chi connectivity index (χ2n) is 8.41. The molecule has 0 unspecified atom stereocenters. The lowest BCUT2D eigenvalue weighted by Crippen LogP contribution is -2.42. The van der Waals surface area contributed by atoms with E-state index in [4.69, 9.17) is 9.72 Å². The van der Waals surface area contributed by atoms with Crippen LogP contribution >= 0.6 is 11.8 Å². The minimum Gasteiger partial charge on any atom is -0.497 e. The first kappa shape index (κ1) is 23.4. The minimum atomic E-state index is -0.0917. The van der Waals surface area contributed by atoms with Gasteiger partial charge in [0.1, 0.15) is 5.75 Å². The molecule has 1 aromatic heterocycles. The summed E-state index contributed by atoms with van der Waals surface area (Å²) in [5.41, 5.74) is 1.54. The molecule has 33 heavy (non-hydrogen) atoms. The molecule has 1 amide bonds. The molecule has 1 saturated carbocycles. The number of ether oxygens (including phenoxy) is 1. The monoisotopic (exact) mass is 465 g/mol. The van der Waals surface area contributed by atoms with Crippen molar-refractivity contribution in [2.45, 2.75) is 56.8 Å². The van der Waals surface area contributed by atoms with Crippen molar-refractivity contribution in [3.8, 4) is 5.75 Å². The highest BCUT2D eigenvalue weighted by Crippen LogP contribution is 2.25. The van der Waals surface area contributed by atoms with E-state index < -0.39 is 0 Å². The summed E-state index contributed by atoms with van der Waals surface area (Å²) in [7, 11) is 1.63. The van der Waals surface area contributed by atoms with Crippen molar-refractivity contribution in [1.82, 2.24) is 14.5 Å². The lowest BCUT2D eigenvalue weighted by atomic mass is 9.94. The second kappa shape index (κ2) is 10.9. The van der Waals surface area contributed by atoms with E-state index in [-0.39, 0.29) is 17.2 Å². The number of fused-ring (bicyclic) bond motifs is 1. The van der Waals surface area contributed by atoms with Crippen molar-refractivity contribution in [3.63, 3.8) is 0 Å². The third-order valence-corrected chi connectivity index (χ3v) is 7.29.